The highest BCUT2D eigenvalue weighted by Crippen LogP contribution is 2.26. The SMILES string of the molecule is COCCn1c(CN)nnc1-c1c(C)cccc1C. The number of ether oxygens (including phenoxy) is 1. The van der Waals surface area contributed by atoms with E-state index in [-0.39, 0.29) is 0 Å². The van der Waals surface area contributed by atoms with Gasteiger partial charge in [0.1, 0.15) is 5.82 Å². The Kier molecular flexibility index (Phi) is 4.29. The summed E-state index contributed by atoms with van der Waals surface area (Å²) in [6, 6.07) is 6.22. The van der Waals surface area contributed by atoms with Crippen LogP contribution in [0.3, 0.4) is 0 Å². The standard InChI is InChI=1S/C14H20N4O/c1-10-5-4-6-11(2)13(10)14-17-16-12(9-15)18(14)7-8-19-3/h4-6H,7-9,15H2,1-3H3. The molecule has 0 radical (unpaired) electrons. The first-order valence-corrected chi connectivity index (χ1v) is 6.36. The fraction of sp³-hybridized carbons (Fsp3) is 0.429. The van der Waals surface area contributed by atoms with E-state index in [1.54, 1.807) is 7.11 Å². The summed E-state index contributed by atoms with van der Waals surface area (Å²) in [7, 11) is 1.69. The van der Waals surface area contributed by atoms with Crippen molar-refractivity contribution in [3.05, 3.63) is 35.2 Å². The van der Waals surface area contributed by atoms with E-state index in [1.807, 2.05) is 10.6 Å². The third kappa shape index (κ3) is 2.67. The van der Waals surface area contributed by atoms with Gasteiger partial charge in [0.2, 0.25) is 0 Å². The lowest BCUT2D eigenvalue weighted by atomic mass is 10.0. The van der Waals surface area contributed by atoms with E-state index in [0.29, 0.717) is 19.7 Å². The van der Waals surface area contributed by atoms with Crippen molar-refractivity contribution in [3.63, 3.8) is 0 Å². The fourth-order valence-electron chi connectivity index (χ4n) is 2.26. The minimum Gasteiger partial charge on any atom is -0.383 e. The molecule has 2 aromatic rings. The first-order valence-electron chi connectivity index (χ1n) is 6.36. The maximum absolute atomic E-state index is 5.73. The zero-order valence-corrected chi connectivity index (χ0v) is 11.7. The first kappa shape index (κ1) is 13.7. The lowest BCUT2D eigenvalue weighted by Crippen LogP contribution is -2.13. The molecule has 5 nitrogen and oxygen atoms in total. The zero-order chi connectivity index (χ0) is 13.8. The third-order valence-electron chi connectivity index (χ3n) is 3.23. The second-order valence-corrected chi connectivity index (χ2v) is 4.56. The van der Waals surface area contributed by atoms with Crippen LogP contribution in [0, 0.1) is 13.8 Å². The summed E-state index contributed by atoms with van der Waals surface area (Å²) in [6.45, 7) is 5.86. The number of methoxy groups -OCH3 is 1. The average molecular weight is 260 g/mol. The van der Waals surface area contributed by atoms with Crippen molar-refractivity contribution in [1.82, 2.24) is 14.8 Å². The molecule has 0 spiro atoms. The Balaban J connectivity index is 2.52. The molecule has 19 heavy (non-hydrogen) atoms. The third-order valence-corrected chi connectivity index (χ3v) is 3.23. The van der Waals surface area contributed by atoms with Crippen molar-refractivity contribution in [2.24, 2.45) is 5.73 Å². The maximum Gasteiger partial charge on any atom is 0.164 e. The van der Waals surface area contributed by atoms with Gasteiger partial charge < -0.3 is 15.0 Å². The predicted molar refractivity (Wildman–Crippen MR) is 74.7 cm³/mol. The van der Waals surface area contributed by atoms with E-state index in [0.717, 1.165) is 17.2 Å². The van der Waals surface area contributed by atoms with E-state index >= 15 is 0 Å². The van der Waals surface area contributed by atoms with Crippen LogP contribution in [0.2, 0.25) is 0 Å². The molecule has 2 rings (SSSR count). The summed E-state index contributed by atoms with van der Waals surface area (Å²) in [5, 5.41) is 8.49. The molecule has 2 N–H and O–H groups in total. The van der Waals surface area contributed by atoms with Crippen LogP contribution in [0.15, 0.2) is 18.2 Å². The van der Waals surface area contributed by atoms with Gasteiger partial charge in [0.25, 0.3) is 0 Å². The zero-order valence-electron chi connectivity index (χ0n) is 11.7. The Labute approximate surface area is 113 Å². The minimum absolute atomic E-state index is 0.377. The Morgan fingerprint density at radius 3 is 2.47 bits per heavy atom. The Morgan fingerprint density at radius 2 is 1.89 bits per heavy atom. The molecule has 1 heterocycles. The van der Waals surface area contributed by atoms with E-state index in [2.05, 4.69) is 36.2 Å². The van der Waals surface area contributed by atoms with E-state index in [4.69, 9.17) is 10.5 Å². The molecule has 0 fully saturated rings. The Bertz CT molecular complexity index is 542. The van der Waals surface area contributed by atoms with Crippen LogP contribution in [-0.4, -0.2) is 28.5 Å². The monoisotopic (exact) mass is 260 g/mol. The van der Waals surface area contributed by atoms with Crippen molar-refractivity contribution in [2.75, 3.05) is 13.7 Å². The van der Waals surface area contributed by atoms with Gasteiger partial charge in [0.05, 0.1) is 13.2 Å². The van der Waals surface area contributed by atoms with Crippen molar-refractivity contribution in [2.45, 2.75) is 26.9 Å². The highest BCUT2D eigenvalue weighted by Gasteiger charge is 2.16. The molecule has 0 aliphatic carbocycles. The predicted octanol–water partition coefficient (Wildman–Crippen LogP) is 1.67. The fourth-order valence-corrected chi connectivity index (χ4v) is 2.26. The highest BCUT2D eigenvalue weighted by atomic mass is 16.5. The van der Waals surface area contributed by atoms with Gasteiger partial charge in [-0.25, -0.2) is 0 Å². The van der Waals surface area contributed by atoms with Gasteiger partial charge in [0, 0.05) is 19.2 Å². The van der Waals surface area contributed by atoms with Gasteiger partial charge in [-0.15, -0.1) is 10.2 Å². The lowest BCUT2D eigenvalue weighted by Gasteiger charge is -2.12. The number of aryl methyl sites for hydroxylation is 2. The molecule has 0 atom stereocenters. The molecule has 0 saturated heterocycles. The molecule has 0 saturated carbocycles. The van der Waals surface area contributed by atoms with Gasteiger partial charge in [-0.2, -0.15) is 0 Å². The topological polar surface area (TPSA) is 66.0 Å². The summed E-state index contributed by atoms with van der Waals surface area (Å²) in [5.41, 5.74) is 9.24. The number of nitrogens with zero attached hydrogens (tertiary/aromatic N) is 3. The number of rotatable bonds is 5. The molecule has 0 unspecified atom stereocenters. The van der Waals surface area contributed by atoms with Crippen LogP contribution in [0.1, 0.15) is 17.0 Å². The summed E-state index contributed by atoms with van der Waals surface area (Å²) in [6.07, 6.45) is 0. The van der Waals surface area contributed by atoms with Crippen molar-refractivity contribution < 1.29 is 4.74 Å². The molecule has 0 aliphatic heterocycles. The van der Waals surface area contributed by atoms with Crippen LogP contribution < -0.4 is 5.73 Å². The summed E-state index contributed by atoms with van der Waals surface area (Å²) >= 11 is 0. The number of hydrogen-bond acceptors (Lipinski definition) is 4. The van der Waals surface area contributed by atoms with Crippen LogP contribution in [0.4, 0.5) is 0 Å². The Hall–Kier alpha value is -1.72. The van der Waals surface area contributed by atoms with E-state index in [1.165, 1.54) is 11.1 Å². The number of hydrogen-bond donors (Lipinski definition) is 1. The van der Waals surface area contributed by atoms with Crippen LogP contribution in [0.25, 0.3) is 11.4 Å². The van der Waals surface area contributed by atoms with Crippen molar-refractivity contribution in [3.8, 4) is 11.4 Å². The smallest absolute Gasteiger partial charge is 0.164 e. The van der Waals surface area contributed by atoms with Gasteiger partial charge in [-0.05, 0) is 25.0 Å². The molecule has 1 aromatic heterocycles. The number of benzene rings is 1. The van der Waals surface area contributed by atoms with Gasteiger partial charge in [-0.1, -0.05) is 18.2 Å². The molecule has 1 aromatic carbocycles. The summed E-state index contributed by atoms with van der Waals surface area (Å²) in [5.74, 6) is 1.66. The van der Waals surface area contributed by atoms with Gasteiger partial charge >= 0.3 is 0 Å². The summed E-state index contributed by atoms with van der Waals surface area (Å²) < 4.78 is 7.19. The first-order chi connectivity index (χ1) is 9.19. The van der Waals surface area contributed by atoms with E-state index in [9.17, 15) is 0 Å². The molecule has 0 aliphatic rings. The largest absolute Gasteiger partial charge is 0.383 e. The molecule has 5 heteroatoms. The Morgan fingerprint density at radius 1 is 1.21 bits per heavy atom. The maximum atomic E-state index is 5.73. The number of nitrogens with two attached hydrogens (primary N) is 1. The molecular weight excluding hydrogens is 240 g/mol. The highest BCUT2D eigenvalue weighted by molar-refractivity contribution is 5.64. The quantitative estimate of drug-likeness (QED) is 0.888. The molecular formula is C14H20N4O. The van der Waals surface area contributed by atoms with E-state index < -0.39 is 0 Å². The van der Waals surface area contributed by atoms with Gasteiger partial charge in [0.15, 0.2) is 5.82 Å². The molecule has 102 valence electrons. The normalized spacial score (nSPS) is 10.9. The second-order valence-electron chi connectivity index (χ2n) is 4.56. The average Bonchev–Trinajstić information content (AvgIpc) is 2.79. The number of aromatic nitrogens is 3. The second kappa shape index (κ2) is 5.95. The van der Waals surface area contributed by atoms with Crippen molar-refractivity contribution in [1.29, 1.82) is 0 Å². The van der Waals surface area contributed by atoms with Gasteiger partial charge in [-0.3, -0.25) is 0 Å². The van der Waals surface area contributed by atoms with Crippen molar-refractivity contribution >= 4 is 0 Å². The lowest BCUT2D eigenvalue weighted by molar-refractivity contribution is 0.186. The molecule has 0 bridgehead atoms. The summed E-state index contributed by atoms with van der Waals surface area (Å²) in [4.78, 5) is 0. The minimum atomic E-state index is 0.377. The van der Waals surface area contributed by atoms with Crippen LogP contribution >= 0.6 is 0 Å². The van der Waals surface area contributed by atoms with Crippen LogP contribution in [0.5, 0.6) is 0 Å². The van der Waals surface area contributed by atoms with Crippen LogP contribution in [-0.2, 0) is 17.8 Å². The molecule has 0 amide bonds.